The lowest BCUT2D eigenvalue weighted by atomic mass is 10.1. The molecule has 4 aliphatic rings. The van der Waals surface area contributed by atoms with Crippen LogP contribution in [0.3, 0.4) is 0 Å². The molecule has 2 saturated heterocycles. The summed E-state index contributed by atoms with van der Waals surface area (Å²) in [6.07, 6.45) is 2.92. The second-order valence-electron chi connectivity index (χ2n) is 10.6. The normalized spacial score (nSPS) is 26.8. The van der Waals surface area contributed by atoms with Gasteiger partial charge in [0.2, 0.25) is 5.88 Å². The highest BCUT2D eigenvalue weighted by atomic mass is 35.5. The quantitative estimate of drug-likeness (QED) is 0.521. The number of hydrogen-bond acceptors (Lipinski definition) is 9. The van der Waals surface area contributed by atoms with Crippen LogP contribution >= 0.6 is 11.6 Å². The van der Waals surface area contributed by atoms with Gasteiger partial charge in [0.05, 0.1) is 46.3 Å². The second-order valence-corrected chi connectivity index (χ2v) is 13.6. The molecule has 41 heavy (non-hydrogen) atoms. The average molecular weight is 612 g/mol. The fourth-order valence-electron chi connectivity index (χ4n) is 5.55. The number of amides is 1. The van der Waals surface area contributed by atoms with Crippen molar-refractivity contribution in [3.05, 3.63) is 51.7 Å². The summed E-state index contributed by atoms with van der Waals surface area (Å²) in [5, 5.41) is 9.79. The summed E-state index contributed by atoms with van der Waals surface area (Å²) in [6, 6.07) is 3.23. The highest BCUT2D eigenvalue weighted by molar-refractivity contribution is 7.93. The van der Waals surface area contributed by atoms with Gasteiger partial charge in [-0.15, -0.1) is 0 Å². The van der Waals surface area contributed by atoms with Crippen LogP contribution in [-0.2, 0) is 37.0 Å². The van der Waals surface area contributed by atoms with E-state index in [0.29, 0.717) is 30.1 Å². The fraction of sp³-hybridized carbons (Fsp3) is 0.519. The van der Waals surface area contributed by atoms with Crippen LogP contribution in [0.4, 0.5) is 14.5 Å². The van der Waals surface area contributed by atoms with Crippen LogP contribution in [0.2, 0.25) is 5.02 Å². The molecule has 10 nitrogen and oxygen atoms in total. The minimum absolute atomic E-state index is 0.0513. The average Bonchev–Trinajstić information content (AvgIpc) is 3.71. The third-order valence-electron chi connectivity index (χ3n) is 7.76. The minimum Gasteiger partial charge on any atom is -0.472 e. The zero-order valence-corrected chi connectivity index (χ0v) is 23.6. The number of nitrogens with zero attached hydrogens (tertiary/aromatic N) is 3. The molecule has 6 rings (SSSR count). The lowest BCUT2D eigenvalue weighted by Crippen LogP contribution is -2.34. The molecule has 1 aromatic carbocycles. The van der Waals surface area contributed by atoms with Gasteiger partial charge in [-0.3, -0.25) is 4.79 Å². The maximum absolute atomic E-state index is 14.9. The zero-order chi connectivity index (χ0) is 28.9. The van der Waals surface area contributed by atoms with E-state index in [1.54, 1.807) is 0 Å². The van der Waals surface area contributed by atoms with Gasteiger partial charge in [0.15, 0.2) is 12.0 Å². The molecular weight excluding hydrogens is 584 g/mol. The van der Waals surface area contributed by atoms with Crippen molar-refractivity contribution in [3.8, 4) is 5.88 Å². The number of pyridine rings is 1. The lowest BCUT2D eigenvalue weighted by Gasteiger charge is -2.17. The number of fused-ring (bicyclic) bond motifs is 2. The van der Waals surface area contributed by atoms with Crippen molar-refractivity contribution < 1.29 is 41.8 Å². The highest BCUT2D eigenvalue weighted by Crippen LogP contribution is 2.36. The lowest BCUT2D eigenvalue weighted by molar-refractivity contribution is 0.00558. The summed E-state index contributed by atoms with van der Waals surface area (Å²) in [5.41, 5.74) is 0.208. The molecule has 2 aromatic rings. The van der Waals surface area contributed by atoms with Gasteiger partial charge in [0.25, 0.3) is 5.91 Å². The molecule has 14 heteroatoms. The van der Waals surface area contributed by atoms with Crippen LogP contribution in [0.5, 0.6) is 5.88 Å². The molecule has 1 saturated carbocycles. The Bertz CT molecular complexity index is 1520. The van der Waals surface area contributed by atoms with Crippen molar-refractivity contribution in [2.24, 2.45) is 9.36 Å². The molecule has 5 atom stereocenters. The van der Waals surface area contributed by atoms with Crippen molar-refractivity contribution in [3.63, 3.8) is 0 Å². The molecule has 4 heterocycles. The smallest absolute Gasteiger partial charge is 0.285 e. The minimum atomic E-state index is -2.82. The SMILES string of the molecule is CS(=O)(=NC(=O)c1cc(F)c(COc2nc3c(cc2Cl)N=C(O[C@@H]2CO[C@H]4[C@@H]2OC[C@H]4O)C3)c(F)c1)C1CCCC1. The molecule has 0 bridgehead atoms. The summed E-state index contributed by atoms with van der Waals surface area (Å²) in [7, 11) is -2.82. The summed E-state index contributed by atoms with van der Waals surface area (Å²) >= 11 is 6.31. The molecule has 1 aliphatic carbocycles. The van der Waals surface area contributed by atoms with E-state index >= 15 is 0 Å². The van der Waals surface area contributed by atoms with Gasteiger partial charge in [-0.1, -0.05) is 24.4 Å². The zero-order valence-electron chi connectivity index (χ0n) is 22.1. The Labute approximate surface area is 240 Å². The second kappa shape index (κ2) is 11.2. The van der Waals surface area contributed by atoms with Gasteiger partial charge >= 0.3 is 0 Å². The summed E-state index contributed by atoms with van der Waals surface area (Å²) < 4.78 is 69.1. The van der Waals surface area contributed by atoms with E-state index in [2.05, 4.69) is 14.3 Å². The standard InChI is InChI=1S/C27H28ClF2N3O7S/c1-41(36,14-4-2-3-5-14)33-26(35)13-6-17(29)15(18(30)7-13)10-39-27-16(28)8-19-20(32-27)9-23(31-19)40-22-12-38-24-21(34)11-37-25(22)24/h6-8,14,21-22,24-25,34H,2-5,9-12H2,1H3/t21-,22-,24-,25-,41?/m1/s1. The molecule has 1 N–H and O–H groups in total. The molecule has 1 amide bonds. The van der Waals surface area contributed by atoms with Crippen molar-refractivity contribution >= 4 is 38.8 Å². The monoisotopic (exact) mass is 611 g/mol. The third kappa shape index (κ3) is 5.70. The van der Waals surface area contributed by atoms with Crippen molar-refractivity contribution in [2.45, 2.75) is 68.4 Å². The number of ether oxygens (including phenoxy) is 4. The predicted molar refractivity (Wildman–Crippen MR) is 144 cm³/mol. The Morgan fingerprint density at radius 2 is 1.88 bits per heavy atom. The Morgan fingerprint density at radius 1 is 1.17 bits per heavy atom. The number of aliphatic hydroxyl groups excluding tert-OH is 1. The van der Waals surface area contributed by atoms with Gasteiger partial charge in [0, 0.05) is 17.1 Å². The number of aromatic nitrogens is 1. The molecule has 1 unspecified atom stereocenters. The Morgan fingerprint density at radius 3 is 2.61 bits per heavy atom. The largest absolute Gasteiger partial charge is 0.472 e. The first kappa shape index (κ1) is 28.4. The van der Waals surface area contributed by atoms with Gasteiger partial charge in [-0.05, 0) is 31.0 Å². The number of halogens is 3. The van der Waals surface area contributed by atoms with Crippen LogP contribution in [0.15, 0.2) is 27.6 Å². The molecule has 3 aliphatic heterocycles. The van der Waals surface area contributed by atoms with Gasteiger partial charge < -0.3 is 24.1 Å². The number of benzene rings is 1. The van der Waals surface area contributed by atoms with E-state index in [0.717, 1.165) is 25.0 Å². The van der Waals surface area contributed by atoms with Gasteiger partial charge in [-0.2, -0.15) is 4.36 Å². The van der Waals surface area contributed by atoms with E-state index < -0.39 is 63.9 Å². The number of aliphatic imine (C=N–C) groups is 1. The first-order chi connectivity index (χ1) is 19.6. The van der Waals surface area contributed by atoms with E-state index in [4.69, 9.17) is 30.5 Å². The number of hydrogen-bond donors (Lipinski definition) is 1. The van der Waals surface area contributed by atoms with Crippen molar-refractivity contribution in [1.82, 2.24) is 4.98 Å². The molecule has 0 radical (unpaired) electrons. The van der Waals surface area contributed by atoms with Crippen LogP contribution in [0.1, 0.15) is 47.3 Å². The van der Waals surface area contributed by atoms with E-state index in [1.807, 2.05) is 0 Å². The molecule has 220 valence electrons. The highest BCUT2D eigenvalue weighted by Gasteiger charge is 2.49. The van der Waals surface area contributed by atoms with E-state index in [1.165, 1.54) is 12.3 Å². The van der Waals surface area contributed by atoms with Gasteiger partial charge in [0.1, 0.15) is 41.6 Å². The number of carbonyl (C=O) groups is 1. The number of rotatable bonds is 6. The maximum atomic E-state index is 14.9. The molecule has 0 spiro atoms. The third-order valence-corrected chi connectivity index (χ3v) is 10.3. The van der Waals surface area contributed by atoms with Crippen molar-refractivity contribution in [2.75, 3.05) is 19.5 Å². The first-order valence-electron chi connectivity index (χ1n) is 13.3. The Balaban J connectivity index is 1.11. The number of aliphatic hydroxyl groups is 1. The van der Waals surface area contributed by atoms with Crippen LogP contribution in [-0.4, -0.2) is 75.2 Å². The van der Waals surface area contributed by atoms with Gasteiger partial charge in [-0.25, -0.2) is 23.0 Å². The topological polar surface area (TPSA) is 129 Å². The van der Waals surface area contributed by atoms with E-state index in [9.17, 15) is 22.9 Å². The summed E-state index contributed by atoms with van der Waals surface area (Å²) in [6.45, 7) is -0.123. The summed E-state index contributed by atoms with van der Waals surface area (Å²) in [5.74, 6) is -2.64. The van der Waals surface area contributed by atoms with Crippen LogP contribution in [0.25, 0.3) is 0 Å². The maximum Gasteiger partial charge on any atom is 0.285 e. The molecule has 1 aromatic heterocycles. The van der Waals surface area contributed by atoms with E-state index in [-0.39, 0.29) is 41.4 Å². The van der Waals surface area contributed by atoms with Crippen LogP contribution < -0.4 is 4.74 Å². The summed E-state index contributed by atoms with van der Waals surface area (Å²) in [4.78, 5) is 21.4. The fourth-order valence-corrected chi connectivity index (χ4v) is 7.55. The Hall–Kier alpha value is -2.71. The Kier molecular flexibility index (Phi) is 7.74. The molecular formula is C27H28ClF2N3O7S. The first-order valence-corrected chi connectivity index (χ1v) is 15.7. The van der Waals surface area contributed by atoms with Crippen molar-refractivity contribution in [1.29, 1.82) is 0 Å². The number of carbonyl (C=O) groups excluding carboxylic acids is 1. The predicted octanol–water partition coefficient (Wildman–Crippen LogP) is 3.90. The molecule has 3 fully saturated rings. The van der Waals surface area contributed by atoms with Crippen LogP contribution in [0, 0.1) is 11.6 Å².